The summed E-state index contributed by atoms with van der Waals surface area (Å²) < 4.78 is 44.7. The van der Waals surface area contributed by atoms with Crippen LogP contribution in [0.3, 0.4) is 0 Å². The van der Waals surface area contributed by atoms with Gasteiger partial charge in [-0.25, -0.2) is 4.79 Å². The number of hydrogen-bond donors (Lipinski definition) is 0. The van der Waals surface area contributed by atoms with Crippen LogP contribution in [-0.4, -0.2) is 45.1 Å². The van der Waals surface area contributed by atoms with Gasteiger partial charge in [0.25, 0.3) is 0 Å². The molecule has 0 saturated heterocycles. The molecule has 0 aliphatic rings. The molecule has 0 aromatic heterocycles. The zero-order valence-electron chi connectivity index (χ0n) is 10.6. The summed E-state index contributed by atoms with van der Waals surface area (Å²) in [5.74, 6) is -0.324. The van der Waals surface area contributed by atoms with E-state index in [-0.39, 0.29) is 12.2 Å². The highest BCUT2D eigenvalue weighted by Gasteiger charge is 2.22. The van der Waals surface area contributed by atoms with Gasteiger partial charge in [-0.15, -0.1) is 0 Å². The van der Waals surface area contributed by atoms with Gasteiger partial charge >= 0.3 is 13.2 Å². The predicted molar refractivity (Wildman–Crippen MR) is 58.6 cm³/mol. The second kappa shape index (κ2) is 6.63. The second-order valence-corrected chi connectivity index (χ2v) is 4.40. The molecule has 0 fully saturated rings. The highest BCUT2D eigenvalue weighted by atomic mass is 19.5. The first-order valence-corrected chi connectivity index (χ1v) is 4.80. The molecule has 17 heavy (non-hydrogen) atoms. The topological polar surface area (TPSA) is 26.3 Å². The van der Waals surface area contributed by atoms with E-state index < -0.39 is 7.25 Å². The molecule has 1 unspecified atom stereocenters. The van der Waals surface area contributed by atoms with E-state index in [0.29, 0.717) is 10.1 Å². The Morgan fingerprint density at radius 1 is 1.24 bits per heavy atom. The fourth-order valence-corrected chi connectivity index (χ4v) is 0.414. The Labute approximate surface area is 98.7 Å². The van der Waals surface area contributed by atoms with Crippen molar-refractivity contribution in [3.05, 3.63) is 12.2 Å². The van der Waals surface area contributed by atoms with E-state index in [4.69, 9.17) is 4.74 Å². The number of quaternary nitrogens is 1. The van der Waals surface area contributed by atoms with Crippen molar-refractivity contribution in [3.8, 4) is 0 Å². The van der Waals surface area contributed by atoms with Crippen molar-refractivity contribution in [2.75, 3.05) is 21.1 Å². The Kier molecular flexibility index (Phi) is 7.15. The van der Waals surface area contributed by atoms with E-state index in [0.717, 1.165) is 0 Å². The van der Waals surface area contributed by atoms with E-state index in [9.17, 15) is 22.1 Å². The van der Waals surface area contributed by atoms with Gasteiger partial charge in [0.15, 0.2) is 0 Å². The maximum Gasteiger partial charge on any atom is 0.673 e. The van der Waals surface area contributed by atoms with E-state index in [1.807, 2.05) is 28.1 Å². The predicted octanol–water partition coefficient (Wildman–Crippen LogP) is 2.46. The summed E-state index contributed by atoms with van der Waals surface area (Å²) in [4.78, 5) is 11.1. The van der Waals surface area contributed by atoms with Gasteiger partial charge in [0.2, 0.25) is 6.23 Å². The van der Waals surface area contributed by atoms with Crippen LogP contribution in [0.15, 0.2) is 12.2 Å². The molecule has 0 spiro atoms. The first-order chi connectivity index (χ1) is 7.25. The van der Waals surface area contributed by atoms with Gasteiger partial charge in [-0.05, 0) is 6.92 Å². The summed E-state index contributed by atoms with van der Waals surface area (Å²) in [5, 5.41) is 0. The van der Waals surface area contributed by atoms with Gasteiger partial charge in [0.1, 0.15) is 0 Å². The van der Waals surface area contributed by atoms with Crippen LogP contribution in [0.25, 0.3) is 0 Å². The molecule has 0 aromatic carbocycles. The molecular formula is C9H18BF4NO2. The van der Waals surface area contributed by atoms with E-state index in [1.54, 1.807) is 6.92 Å². The third-order valence-electron chi connectivity index (χ3n) is 1.72. The quantitative estimate of drug-likeness (QED) is 0.194. The standard InChI is InChI=1S/C9H18NO2.BF4/c1-7(2)9(11)12-8(3)10(4,5)6;2-1(3,4)5/h8H,1H2,2-6H3;/q+1;-1. The van der Waals surface area contributed by atoms with E-state index in [1.165, 1.54) is 0 Å². The lowest BCUT2D eigenvalue weighted by Gasteiger charge is -2.30. The summed E-state index contributed by atoms with van der Waals surface area (Å²) >= 11 is 0. The van der Waals surface area contributed by atoms with Crippen LogP contribution in [0, 0.1) is 0 Å². The van der Waals surface area contributed by atoms with Crippen molar-refractivity contribution in [2.45, 2.75) is 20.1 Å². The van der Waals surface area contributed by atoms with Gasteiger partial charge in [0, 0.05) is 12.5 Å². The molecule has 0 aromatic rings. The van der Waals surface area contributed by atoms with Crippen LogP contribution in [0.1, 0.15) is 13.8 Å². The molecule has 0 amide bonds. The number of carbonyl (C=O) groups excluding carboxylic acids is 1. The minimum absolute atomic E-state index is 0.144. The molecule has 0 aliphatic heterocycles. The maximum absolute atomic E-state index is 11.1. The summed E-state index contributed by atoms with van der Waals surface area (Å²) in [6, 6.07) is 0. The van der Waals surface area contributed by atoms with E-state index in [2.05, 4.69) is 6.58 Å². The van der Waals surface area contributed by atoms with Gasteiger partial charge < -0.3 is 22.0 Å². The Balaban J connectivity index is 0. The normalized spacial score (nSPS) is 13.2. The molecule has 1 atom stereocenters. The minimum Gasteiger partial charge on any atom is -0.418 e. The number of ether oxygens (including phenoxy) is 1. The first-order valence-electron chi connectivity index (χ1n) is 4.80. The smallest absolute Gasteiger partial charge is 0.418 e. The average Bonchev–Trinajstić information content (AvgIpc) is 1.98. The summed E-state index contributed by atoms with van der Waals surface area (Å²) in [6.07, 6.45) is -0.144. The number of halogens is 4. The van der Waals surface area contributed by atoms with Crippen LogP contribution >= 0.6 is 0 Å². The number of nitrogens with zero attached hydrogens (tertiary/aromatic N) is 1. The van der Waals surface area contributed by atoms with Crippen LogP contribution in [0.5, 0.6) is 0 Å². The molecule has 0 radical (unpaired) electrons. The zero-order valence-corrected chi connectivity index (χ0v) is 10.6. The lowest BCUT2D eigenvalue weighted by atomic mass is 10.3. The van der Waals surface area contributed by atoms with Gasteiger partial charge in [-0.1, -0.05) is 6.58 Å². The van der Waals surface area contributed by atoms with Crippen molar-refractivity contribution >= 4 is 13.2 Å². The van der Waals surface area contributed by atoms with Crippen molar-refractivity contribution in [1.82, 2.24) is 0 Å². The molecule has 8 heteroatoms. The Hall–Kier alpha value is -1.05. The third kappa shape index (κ3) is 15.0. The van der Waals surface area contributed by atoms with Crippen molar-refractivity contribution < 1.29 is 31.3 Å². The molecule has 0 heterocycles. The van der Waals surface area contributed by atoms with Gasteiger partial charge in [0.05, 0.1) is 21.1 Å². The van der Waals surface area contributed by atoms with Crippen molar-refractivity contribution in [1.29, 1.82) is 0 Å². The Bertz CT molecular complexity index is 267. The fourth-order valence-electron chi connectivity index (χ4n) is 0.414. The number of rotatable bonds is 3. The highest BCUT2D eigenvalue weighted by molar-refractivity contribution is 6.50. The molecular weight excluding hydrogens is 241 g/mol. The van der Waals surface area contributed by atoms with E-state index >= 15 is 0 Å². The molecule has 3 nitrogen and oxygen atoms in total. The fraction of sp³-hybridized carbons (Fsp3) is 0.667. The number of carbonyl (C=O) groups is 1. The van der Waals surface area contributed by atoms with Gasteiger partial charge in [-0.2, -0.15) is 0 Å². The lowest BCUT2D eigenvalue weighted by molar-refractivity contribution is -0.914. The number of hydrogen-bond acceptors (Lipinski definition) is 2. The van der Waals surface area contributed by atoms with Crippen LogP contribution in [-0.2, 0) is 9.53 Å². The van der Waals surface area contributed by atoms with Crippen LogP contribution in [0.2, 0.25) is 0 Å². The van der Waals surface area contributed by atoms with Crippen LogP contribution in [0.4, 0.5) is 17.3 Å². The largest absolute Gasteiger partial charge is 0.673 e. The van der Waals surface area contributed by atoms with Crippen LogP contribution < -0.4 is 0 Å². The second-order valence-electron chi connectivity index (χ2n) is 4.40. The zero-order chi connectivity index (χ0) is 14.4. The number of esters is 1. The minimum atomic E-state index is -6.00. The Morgan fingerprint density at radius 3 is 1.71 bits per heavy atom. The molecule has 0 saturated carbocycles. The van der Waals surface area contributed by atoms with Crippen molar-refractivity contribution in [2.24, 2.45) is 0 Å². The first kappa shape index (κ1) is 18.3. The monoisotopic (exact) mass is 259 g/mol. The molecule has 0 rings (SSSR count). The third-order valence-corrected chi connectivity index (χ3v) is 1.72. The molecule has 0 aliphatic carbocycles. The summed E-state index contributed by atoms with van der Waals surface area (Å²) in [7, 11) is -0.0941. The molecule has 0 bridgehead atoms. The van der Waals surface area contributed by atoms with Crippen molar-refractivity contribution in [3.63, 3.8) is 0 Å². The van der Waals surface area contributed by atoms with Gasteiger partial charge in [-0.3, -0.25) is 4.48 Å². The highest BCUT2D eigenvalue weighted by Crippen LogP contribution is 2.07. The Morgan fingerprint density at radius 2 is 1.53 bits per heavy atom. The SMILES string of the molecule is C=C(C)C(=O)OC(C)[N+](C)(C)C.F[B-](F)(F)F. The summed E-state index contributed by atoms with van der Waals surface area (Å²) in [6.45, 7) is 7.01. The summed E-state index contributed by atoms with van der Waals surface area (Å²) in [5.41, 5.74) is 0.440. The average molecular weight is 259 g/mol. The lowest BCUT2D eigenvalue weighted by Crippen LogP contribution is -2.45. The molecule has 102 valence electrons. The maximum atomic E-state index is 11.1. The molecule has 0 N–H and O–H groups in total.